The molecule has 0 radical (unpaired) electrons. The summed E-state index contributed by atoms with van der Waals surface area (Å²) in [5.74, 6) is 0. The molecule has 0 unspecified atom stereocenters. The molecule has 0 spiro atoms. The van der Waals surface area contributed by atoms with Crippen molar-refractivity contribution in [3.05, 3.63) is 34.8 Å². The molecule has 2 nitrogen and oxygen atoms in total. The van der Waals surface area contributed by atoms with Gasteiger partial charge in [0.2, 0.25) is 0 Å². The van der Waals surface area contributed by atoms with Crippen molar-refractivity contribution in [2.45, 2.75) is 20.3 Å². The van der Waals surface area contributed by atoms with E-state index in [1.807, 2.05) is 24.3 Å². The highest BCUT2D eigenvalue weighted by atomic mass is 32.1. The molecule has 0 aliphatic rings. The smallest absolute Gasteiger partial charge is 0.123 e. The molecule has 0 aliphatic heterocycles. The average molecular weight is 218 g/mol. The molecule has 0 bridgehead atoms. The van der Waals surface area contributed by atoms with E-state index < -0.39 is 0 Å². The number of anilines is 1. The van der Waals surface area contributed by atoms with Crippen LogP contribution in [0.1, 0.15) is 17.5 Å². The van der Waals surface area contributed by atoms with Crippen LogP contribution in [0, 0.1) is 6.92 Å². The fourth-order valence-electron chi connectivity index (χ4n) is 1.55. The van der Waals surface area contributed by atoms with Gasteiger partial charge in [-0.25, -0.2) is 4.98 Å². The molecule has 0 fully saturated rings. The third-order valence-corrected chi connectivity index (χ3v) is 3.70. The maximum atomic E-state index is 5.75. The zero-order valence-electron chi connectivity index (χ0n) is 8.95. The molecule has 0 saturated heterocycles. The summed E-state index contributed by atoms with van der Waals surface area (Å²) in [4.78, 5) is 5.91. The Hall–Kier alpha value is -1.35. The monoisotopic (exact) mass is 218 g/mol. The number of rotatable bonds is 2. The molecule has 2 aromatic rings. The van der Waals surface area contributed by atoms with Crippen LogP contribution in [0.15, 0.2) is 24.3 Å². The molecular weight excluding hydrogens is 204 g/mol. The van der Waals surface area contributed by atoms with Gasteiger partial charge in [0.1, 0.15) is 5.01 Å². The van der Waals surface area contributed by atoms with E-state index in [4.69, 9.17) is 5.73 Å². The Kier molecular flexibility index (Phi) is 2.73. The second-order valence-electron chi connectivity index (χ2n) is 3.51. The molecule has 0 aliphatic carbocycles. The van der Waals surface area contributed by atoms with E-state index in [1.54, 1.807) is 11.3 Å². The molecule has 1 heterocycles. The van der Waals surface area contributed by atoms with Crippen LogP contribution in [0.4, 0.5) is 5.69 Å². The van der Waals surface area contributed by atoms with Crippen molar-refractivity contribution in [1.82, 2.24) is 4.98 Å². The maximum Gasteiger partial charge on any atom is 0.123 e. The number of aromatic nitrogens is 1. The largest absolute Gasteiger partial charge is 0.399 e. The number of aryl methyl sites for hydroxylation is 2. The Morgan fingerprint density at radius 3 is 2.80 bits per heavy atom. The van der Waals surface area contributed by atoms with Crippen LogP contribution in [0.5, 0.6) is 0 Å². The zero-order valence-corrected chi connectivity index (χ0v) is 9.77. The van der Waals surface area contributed by atoms with Gasteiger partial charge in [0.15, 0.2) is 0 Å². The highest BCUT2D eigenvalue weighted by Gasteiger charge is 2.07. The number of nitrogen functional groups attached to an aromatic ring is 1. The zero-order chi connectivity index (χ0) is 10.8. The lowest BCUT2D eigenvalue weighted by molar-refractivity contribution is 1.11. The van der Waals surface area contributed by atoms with E-state index in [0.717, 1.165) is 28.4 Å². The van der Waals surface area contributed by atoms with Crippen molar-refractivity contribution in [2.24, 2.45) is 0 Å². The highest BCUT2D eigenvalue weighted by molar-refractivity contribution is 7.15. The molecule has 78 valence electrons. The first-order valence-electron chi connectivity index (χ1n) is 5.03. The van der Waals surface area contributed by atoms with Crippen LogP contribution >= 0.6 is 11.3 Å². The fraction of sp³-hybridized carbons (Fsp3) is 0.250. The molecule has 0 atom stereocenters. The number of nitrogens with two attached hydrogens (primary N) is 1. The SMILES string of the molecule is CCc1sc(-c2cccc(N)c2)nc1C. The Morgan fingerprint density at radius 1 is 1.40 bits per heavy atom. The minimum atomic E-state index is 0.790. The molecular formula is C12H14N2S. The highest BCUT2D eigenvalue weighted by Crippen LogP contribution is 2.28. The van der Waals surface area contributed by atoms with Crippen molar-refractivity contribution in [1.29, 1.82) is 0 Å². The van der Waals surface area contributed by atoms with Crippen LogP contribution < -0.4 is 5.73 Å². The summed E-state index contributed by atoms with van der Waals surface area (Å²) in [6.07, 6.45) is 1.05. The van der Waals surface area contributed by atoms with Gasteiger partial charge in [-0.3, -0.25) is 0 Å². The van der Waals surface area contributed by atoms with Gasteiger partial charge in [-0.2, -0.15) is 0 Å². The number of hydrogen-bond donors (Lipinski definition) is 1. The van der Waals surface area contributed by atoms with Crippen molar-refractivity contribution >= 4 is 17.0 Å². The Labute approximate surface area is 93.8 Å². The summed E-state index contributed by atoms with van der Waals surface area (Å²) in [6.45, 7) is 4.22. The van der Waals surface area contributed by atoms with E-state index in [1.165, 1.54) is 4.88 Å². The predicted octanol–water partition coefficient (Wildman–Crippen LogP) is 3.26. The maximum absolute atomic E-state index is 5.75. The summed E-state index contributed by atoms with van der Waals surface area (Å²) < 4.78 is 0. The number of nitrogens with zero attached hydrogens (tertiary/aromatic N) is 1. The van der Waals surface area contributed by atoms with E-state index in [-0.39, 0.29) is 0 Å². The summed E-state index contributed by atoms with van der Waals surface area (Å²) in [5.41, 5.74) is 8.79. The molecule has 1 aromatic carbocycles. The van der Waals surface area contributed by atoms with Crippen LogP contribution in [-0.2, 0) is 6.42 Å². The Bertz CT molecular complexity index is 474. The molecule has 0 amide bonds. The first-order chi connectivity index (χ1) is 7.20. The van der Waals surface area contributed by atoms with E-state index >= 15 is 0 Å². The molecule has 2 N–H and O–H groups in total. The topological polar surface area (TPSA) is 38.9 Å². The van der Waals surface area contributed by atoms with Crippen molar-refractivity contribution < 1.29 is 0 Å². The fourth-order valence-corrected chi connectivity index (χ4v) is 2.55. The molecule has 0 saturated carbocycles. The minimum Gasteiger partial charge on any atom is -0.399 e. The minimum absolute atomic E-state index is 0.790. The summed E-state index contributed by atoms with van der Waals surface area (Å²) in [7, 11) is 0. The Morgan fingerprint density at radius 2 is 2.20 bits per heavy atom. The van der Waals surface area contributed by atoms with Gasteiger partial charge in [-0.05, 0) is 25.5 Å². The Balaban J connectivity index is 2.45. The predicted molar refractivity (Wildman–Crippen MR) is 66.1 cm³/mol. The first-order valence-corrected chi connectivity index (χ1v) is 5.84. The summed E-state index contributed by atoms with van der Waals surface area (Å²) >= 11 is 1.75. The van der Waals surface area contributed by atoms with Crippen LogP contribution in [0.25, 0.3) is 10.6 Å². The quantitative estimate of drug-likeness (QED) is 0.786. The van der Waals surface area contributed by atoms with Crippen molar-refractivity contribution in [3.63, 3.8) is 0 Å². The molecule has 3 heteroatoms. The van der Waals surface area contributed by atoms with Gasteiger partial charge in [-0.1, -0.05) is 19.1 Å². The molecule has 1 aromatic heterocycles. The number of benzene rings is 1. The third-order valence-electron chi connectivity index (χ3n) is 2.35. The van der Waals surface area contributed by atoms with Gasteiger partial charge in [-0.15, -0.1) is 11.3 Å². The standard InChI is InChI=1S/C12H14N2S/c1-3-11-8(2)14-12(15-11)9-5-4-6-10(13)7-9/h4-7H,3,13H2,1-2H3. The summed E-state index contributed by atoms with van der Waals surface area (Å²) in [6, 6.07) is 7.88. The van der Waals surface area contributed by atoms with Gasteiger partial charge in [0, 0.05) is 16.1 Å². The molecule has 15 heavy (non-hydrogen) atoms. The van der Waals surface area contributed by atoms with Crippen LogP contribution in [-0.4, -0.2) is 4.98 Å². The average Bonchev–Trinajstić information content (AvgIpc) is 2.60. The van der Waals surface area contributed by atoms with Gasteiger partial charge >= 0.3 is 0 Å². The number of hydrogen-bond acceptors (Lipinski definition) is 3. The van der Waals surface area contributed by atoms with Crippen LogP contribution in [0.3, 0.4) is 0 Å². The van der Waals surface area contributed by atoms with Gasteiger partial charge in [0.05, 0.1) is 5.69 Å². The third kappa shape index (κ3) is 2.02. The summed E-state index contributed by atoms with van der Waals surface area (Å²) in [5, 5.41) is 1.07. The normalized spacial score (nSPS) is 10.5. The van der Waals surface area contributed by atoms with E-state index in [2.05, 4.69) is 18.8 Å². The first kappa shape index (κ1) is 10.2. The van der Waals surface area contributed by atoms with Crippen molar-refractivity contribution in [2.75, 3.05) is 5.73 Å². The lowest BCUT2D eigenvalue weighted by Crippen LogP contribution is -1.84. The van der Waals surface area contributed by atoms with Gasteiger partial charge < -0.3 is 5.73 Å². The van der Waals surface area contributed by atoms with E-state index in [9.17, 15) is 0 Å². The van der Waals surface area contributed by atoms with Gasteiger partial charge in [0.25, 0.3) is 0 Å². The second-order valence-corrected chi connectivity index (χ2v) is 4.59. The molecule has 2 rings (SSSR count). The number of thiazole rings is 1. The van der Waals surface area contributed by atoms with Crippen molar-refractivity contribution in [3.8, 4) is 10.6 Å². The van der Waals surface area contributed by atoms with Crippen LogP contribution in [0.2, 0.25) is 0 Å². The van der Waals surface area contributed by atoms with E-state index in [0.29, 0.717) is 0 Å². The lowest BCUT2D eigenvalue weighted by Gasteiger charge is -1.96. The second kappa shape index (κ2) is 4.03. The lowest BCUT2D eigenvalue weighted by atomic mass is 10.2.